The lowest BCUT2D eigenvalue weighted by atomic mass is 10.1. The molecule has 1 N–H and O–H groups in total. The predicted octanol–water partition coefficient (Wildman–Crippen LogP) is 3.36. The number of alkyl halides is 3. The maximum Gasteiger partial charge on any atom is 0.418 e. The summed E-state index contributed by atoms with van der Waals surface area (Å²) in [7, 11) is 0. The molecule has 1 heterocycles. The first-order valence-electron chi connectivity index (χ1n) is 6.07. The van der Waals surface area contributed by atoms with Gasteiger partial charge in [-0.15, -0.1) is 0 Å². The fourth-order valence-electron chi connectivity index (χ4n) is 1.86. The van der Waals surface area contributed by atoms with E-state index in [9.17, 15) is 18.0 Å². The number of benzene rings is 1. The molecule has 1 aromatic heterocycles. The Morgan fingerprint density at radius 1 is 1.14 bits per heavy atom. The van der Waals surface area contributed by atoms with Crippen molar-refractivity contribution in [2.75, 3.05) is 5.32 Å². The van der Waals surface area contributed by atoms with Crippen LogP contribution in [0.2, 0.25) is 0 Å². The van der Waals surface area contributed by atoms with Crippen molar-refractivity contribution in [2.24, 2.45) is 0 Å². The summed E-state index contributed by atoms with van der Waals surface area (Å²) < 4.78 is 38.6. The van der Waals surface area contributed by atoms with Crippen LogP contribution in [0.15, 0.2) is 30.3 Å². The van der Waals surface area contributed by atoms with Crippen LogP contribution >= 0.6 is 0 Å². The molecule has 0 saturated heterocycles. The van der Waals surface area contributed by atoms with Crippen molar-refractivity contribution in [1.82, 2.24) is 9.97 Å². The summed E-state index contributed by atoms with van der Waals surface area (Å²) in [6, 6.07) is 6.20. The van der Waals surface area contributed by atoms with Gasteiger partial charge < -0.3 is 5.32 Å². The number of halogens is 3. The second-order valence-electron chi connectivity index (χ2n) is 4.44. The van der Waals surface area contributed by atoms with E-state index in [0.29, 0.717) is 11.5 Å². The third-order valence-electron chi connectivity index (χ3n) is 2.68. The van der Waals surface area contributed by atoms with Crippen molar-refractivity contribution >= 4 is 11.6 Å². The second-order valence-corrected chi connectivity index (χ2v) is 4.44. The minimum absolute atomic E-state index is 0.0250. The van der Waals surface area contributed by atoms with Gasteiger partial charge in [-0.05, 0) is 32.0 Å². The SMILES string of the molecule is Cc1cc(C(=O)Nc2ccccc2C(F)(F)F)nc(C)n1. The molecule has 110 valence electrons. The molecule has 0 saturated carbocycles. The van der Waals surface area contributed by atoms with Crippen molar-refractivity contribution in [1.29, 1.82) is 0 Å². The van der Waals surface area contributed by atoms with Gasteiger partial charge >= 0.3 is 6.18 Å². The number of nitrogens with one attached hydrogen (secondary N) is 1. The number of rotatable bonds is 2. The predicted molar refractivity (Wildman–Crippen MR) is 70.9 cm³/mol. The van der Waals surface area contributed by atoms with Gasteiger partial charge in [-0.2, -0.15) is 13.2 Å². The van der Waals surface area contributed by atoms with Crippen LogP contribution in [0.3, 0.4) is 0 Å². The first-order valence-corrected chi connectivity index (χ1v) is 6.07. The van der Waals surface area contributed by atoms with E-state index < -0.39 is 17.6 Å². The molecule has 0 atom stereocenters. The highest BCUT2D eigenvalue weighted by Gasteiger charge is 2.33. The number of anilines is 1. The van der Waals surface area contributed by atoms with Crippen LogP contribution in [-0.2, 0) is 6.18 Å². The van der Waals surface area contributed by atoms with E-state index in [4.69, 9.17) is 0 Å². The largest absolute Gasteiger partial charge is 0.418 e. The molecule has 2 aromatic rings. The smallest absolute Gasteiger partial charge is 0.320 e. The van der Waals surface area contributed by atoms with E-state index in [1.165, 1.54) is 24.3 Å². The summed E-state index contributed by atoms with van der Waals surface area (Å²) in [5, 5.41) is 2.24. The Morgan fingerprint density at radius 2 is 1.81 bits per heavy atom. The fraction of sp³-hybridized carbons (Fsp3) is 0.214. The van der Waals surface area contributed by atoms with Crippen LogP contribution < -0.4 is 5.32 Å². The molecule has 1 aromatic carbocycles. The summed E-state index contributed by atoms with van der Waals surface area (Å²) in [5.41, 5.74) is -0.612. The van der Waals surface area contributed by atoms with Crippen molar-refractivity contribution in [3.8, 4) is 0 Å². The van der Waals surface area contributed by atoms with Gasteiger partial charge in [0.05, 0.1) is 11.3 Å². The minimum atomic E-state index is -4.54. The number of nitrogens with zero attached hydrogens (tertiary/aromatic N) is 2. The van der Waals surface area contributed by atoms with Crippen LogP contribution in [0, 0.1) is 13.8 Å². The van der Waals surface area contributed by atoms with E-state index in [1.807, 2.05) is 0 Å². The third kappa shape index (κ3) is 3.56. The maximum absolute atomic E-state index is 12.9. The highest BCUT2D eigenvalue weighted by Crippen LogP contribution is 2.34. The van der Waals surface area contributed by atoms with Gasteiger partial charge in [0.1, 0.15) is 11.5 Å². The first kappa shape index (κ1) is 15.0. The summed E-state index contributed by atoms with van der Waals surface area (Å²) in [4.78, 5) is 20.0. The average Bonchev–Trinajstić information content (AvgIpc) is 2.37. The summed E-state index contributed by atoms with van der Waals surface area (Å²) in [6.45, 7) is 3.28. The van der Waals surface area contributed by atoms with Gasteiger partial charge in [-0.3, -0.25) is 4.79 Å². The van der Waals surface area contributed by atoms with Gasteiger partial charge in [0.15, 0.2) is 0 Å². The maximum atomic E-state index is 12.9. The van der Waals surface area contributed by atoms with Crippen LogP contribution in [-0.4, -0.2) is 15.9 Å². The Kier molecular flexibility index (Phi) is 3.93. The lowest BCUT2D eigenvalue weighted by Gasteiger charge is -2.13. The van der Waals surface area contributed by atoms with Crippen LogP contribution in [0.4, 0.5) is 18.9 Å². The summed E-state index contributed by atoms with van der Waals surface area (Å²) in [5.74, 6) is -0.329. The van der Waals surface area contributed by atoms with E-state index in [1.54, 1.807) is 13.8 Å². The Hall–Kier alpha value is -2.44. The number of amides is 1. The number of aryl methyl sites for hydroxylation is 2. The van der Waals surface area contributed by atoms with Crippen molar-refractivity contribution < 1.29 is 18.0 Å². The fourth-order valence-corrected chi connectivity index (χ4v) is 1.86. The Balaban J connectivity index is 2.32. The minimum Gasteiger partial charge on any atom is -0.320 e. The molecule has 4 nitrogen and oxygen atoms in total. The topological polar surface area (TPSA) is 54.9 Å². The lowest BCUT2D eigenvalue weighted by molar-refractivity contribution is -0.136. The van der Waals surface area contributed by atoms with Gasteiger partial charge in [-0.25, -0.2) is 9.97 Å². The highest BCUT2D eigenvalue weighted by molar-refractivity contribution is 6.03. The number of aromatic nitrogens is 2. The molecule has 0 spiro atoms. The molecule has 1 amide bonds. The summed E-state index contributed by atoms with van der Waals surface area (Å²) in [6.07, 6.45) is -4.54. The molecule has 0 aliphatic heterocycles. The average molecular weight is 295 g/mol. The molecular weight excluding hydrogens is 283 g/mol. The van der Waals surface area contributed by atoms with Gasteiger partial charge in [0.2, 0.25) is 0 Å². The van der Waals surface area contributed by atoms with Crippen LogP contribution in [0.1, 0.15) is 27.6 Å². The lowest BCUT2D eigenvalue weighted by Crippen LogP contribution is -2.18. The molecule has 0 unspecified atom stereocenters. The number of carbonyl (C=O) groups excluding carboxylic acids is 1. The van der Waals surface area contributed by atoms with Gasteiger partial charge in [-0.1, -0.05) is 12.1 Å². The Bertz CT molecular complexity index is 663. The monoisotopic (exact) mass is 295 g/mol. The van der Waals surface area contributed by atoms with Crippen molar-refractivity contribution in [3.05, 3.63) is 53.1 Å². The molecular formula is C14H12F3N3O. The van der Waals surface area contributed by atoms with Gasteiger partial charge in [0.25, 0.3) is 5.91 Å². The first-order chi connectivity index (χ1) is 9.77. The zero-order valence-electron chi connectivity index (χ0n) is 11.3. The molecule has 0 radical (unpaired) electrons. The normalized spacial score (nSPS) is 11.3. The Morgan fingerprint density at radius 3 is 2.43 bits per heavy atom. The quantitative estimate of drug-likeness (QED) is 0.924. The molecule has 0 aliphatic carbocycles. The van der Waals surface area contributed by atoms with E-state index >= 15 is 0 Å². The zero-order valence-corrected chi connectivity index (χ0v) is 11.3. The van der Waals surface area contributed by atoms with E-state index in [0.717, 1.165) is 6.07 Å². The molecule has 0 aliphatic rings. The Labute approximate surface area is 119 Å². The molecule has 2 rings (SSSR count). The number of para-hydroxylation sites is 1. The van der Waals surface area contributed by atoms with Gasteiger partial charge in [0, 0.05) is 5.69 Å². The van der Waals surface area contributed by atoms with E-state index in [2.05, 4.69) is 15.3 Å². The van der Waals surface area contributed by atoms with Crippen molar-refractivity contribution in [3.63, 3.8) is 0 Å². The summed E-state index contributed by atoms with van der Waals surface area (Å²) >= 11 is 0. The highest BCUT2D eigenvalue weighted by atomic mass is 19.4. The van der Waals surface area contributed by atoms with Crippen LogP contribution in [0.5, 0.6) is 0 Å². The molecule has 0 bridgehead atoms. The standard InChI is InChI=1S/C14H12F3N3O/c1-8-7-12(19-9(2)18-8)13(21)20-11-6-4-3-5-10(11)14(15,16)17/h3-7H,1-2H3,(H,20,21). The third-order valence-corrected chi connectivity index (χ3v) is 2.68. The van der Waals surface area contributed by atoms with E-state index in [-0.39, 0.29) is 11.4 Å². The molecule has 21 heavy (non-hydrogen) atoms. The van der Waals surface area contributed by atoms with Crippen LogP contribution in [0.25, 0.3) is 0 Å². The number of hydrogen-bond donors (Lipinski definition) is 1. The van der Waals surface area contributed by atoms with Crippen molar-refractivity contribution in [2.45, 2.75) is 20.0 Å². The second kappa shape index (κ2) is 5.51. The number of carbonyl (C=O) groups is 1. The molecule has 0 fully saturated rings. The zero-order chi connectivity index (χ0) is 15.6. The molecule has 7 heteroatoms. The number of hydrogen-bond acceptors (Lipinski definition) is 3.